The van der Waals surface area contributed by atoms with Gasteiger partial charge in [-0.15, -0.1) is 0 Å². The van der Waals surface area contributed by atoms with Crippen LogP contribution < -0.4 is 0 Å². The van der Waals surface area contributed by atoms with E-state index < -0.39 is 34.2 Å². The van der Waals surface area contributed by atoms with Gasteiger partial charge in [0, 0.05) is 28.4 Å². The lowest BCUT2D eigenvalue weighted by molar-refractivity contribution is -0.222. The molecule has 0 radical (unpaired) electrons. The average Bonchev–Trinajstić information content (AvgIpc) is 2.46. The summed E-state index contributed by atoms with van der Waals surface area (Å²) in [6, 6.07) is 0. The van der Waals surface area contributed by atoms with Crippen molar-refractivity contribution >= 4 is 9.05 Å². The minimum atomic E-state index is -3.63. The average molecular weight is 328 g/mol. The zero-order valence-electron chi connectivity index (χ0n) is 14.1. The molecule has 0 aliphatic heterocycles. The van der Waals surface area contributed by atoms with Crippen LogP contribution in [0.15, 0.2) is 0 Å². The van der Waals surface area contributed by atoms with E-state index in [2.05, 4.69) is 0 Å². The number of hydrogen-bond donors (Lipinski definition) is 0. The van der Waals surface area contributed by atoms with Crippen LogP contribution in [0.25, 0.3) is 0 Å². The minimum Gasteiger partial charge on any atom is -0.357 e. The van der Waals surface area contributed by atoms with Crippen LogP contribution in [0.2, 0.25) is 0 Å². The summed E-state index contributed by atoms with van der Waals surface area (Å²) in [5, 5.41) is 0. The molecular formula is C12H28O8Si. The summed E-state index contributed by atoms with van der Waals surface area (Å²) >= 11 is 0. The summed E-state index contributed by atoms with van der Waals surface area (Å²) < 4.78 is 43.3. The predicted molar refractivity (Wildman–Crippen MR) is 76.0 cm³/mol. The topological polar surface area (TPSA) is 73.8 Å². The van der Waals surface area contributed by atoms with E-state index in [-0.39, 0.29) is 0 Å². The lowest BCUT2D eigenvalue weighted by Crippen LogP contribution is -2.56. The van der Waals surface area contributed by atoms with Gasteiger partial charge in [0.15, 0.2) is 25.2 Å². The highest BCUT2D eigenvalue weighted by atomic mass is 28.4. The van der Waals surface area contributed by atoms with Crippen LogP contribution in [0.1, 0.15) is 27.7 Å². The fourth-order valence-corrected chi connectivity index (χ4v) is 3.52. The molecule has 0 aliphatic carbocycles. The van der Waals surface area contributed by atoms with Crippen molar-refractivity contribution in [2.24, 2.45) is 0 Å². The SMILES string of the molecule is CO[C@@H](C)O[Si](O[C@H](C)OC)(O[C@H](C)OC)O[C@@H](C)OC. The van der Waals surface area contributed by atoms with Crippen LogP contribution in [0.3, 0.4) is 0 Å². The minimum absolute atomic E-state index is 0.603. The molecule has 0 unspecified atom stereocenters. The van der Waals surface area contributed by atoms with Crippen molar-refractivity contribution in [2.75, 3.05) is 28.4 Å². The molecule has 0 rings (SSSR count). The number of hydrogen-bond acceptors (Lipinski definition) is 8. The molecular weight excluding hydrogens is 300 g/mol. The third kappa shape index (κ3) is 8.19. The van der Waals surface area contributed by atoms with Gasteiger partial charge in [-0.2, -0.15) is 0 Å². The monoisotopic (exact) mass is 328 g/mol. The van der Waals surface area contributed by atoms with Gasteiger partial charge in [-0.05, 0) is 27.7 Å². The van der Waals surface area contributed by atoms with Crippen molar-refractivity contribution in [3.05, 3.63) is 0 Å². The molecule has 0 aromatic heterocycles. The predicted octanol–water partition coefficient (Wildman–Crippen LogP) is 1.46. The van der Waals surface area contributed by atoms with E-state index in [0.29, 0.717) is 0 Å². The molecule has 0 aromatic rings. The first-order valence-electron chi connectivity index (χ1n) is 6.64. The van der Waals surface area contributed by atoms with E-state index in [1.54, 1.807) is 27.7 Å². The maximum absolute atomic E-state index is 5.71. The normalized spacial score (nSPS) is 18.3. The second-order valence-corrected chi connectivity index (χ2v) is 6.13. The smallest absolute Gasteiger partial charge is 0.357 e. The second-order valence-electron chi connectivity index (χ2n) is 4.18. The second kappa shape index (κ2) is 10.6. The fourth-order valence-electron chi connectivity index (χ4n) is 1.17. The number of rotatable bonds is 12. The van der Waals surface area contributed by atoms with E-state index in [9.17, 15) is 0 Å². The fraction of sp³-hybridized carbons (Fsp3) is 1.00. The van der Waals surface area contributed by atoms with Gasteiger partial charge in [0.05, 0.1) is 0 Å². The molecule has 9 heteroatoms. The molecule has 0 N–H and O–H groups in total. The molecule has 21 heavy (non-hydrogen) atoms. The molecule has 0 saturated heterocycles. The zero-order valence-corrected chi connectivity index (χ0v) is 15.1. The Balaban J connectivity index is 5.23. The molecule has 0 aliphatic rings. The summed E-state index contributed by atoms with van der Waals surface area (Å²) in [5.74, 6) is 0. The molecule has 4 atom stereocenters. The molecule has 0 fully saturated rings. The van der Waals surface area contributed by atoms with Crippen molar-refractivity contribution in [2.45, 2.75) is 52.9 Å². The van der Waals surface area contributed by atoms with Crippen molar-refractivity contribution in [1.82, 2.24) is 0 Å². The Morgan fingerprint density at radius 1 is 0.476 bits per heavy atom. The lowest BCUT2D eigenvalue weighted by atomic mass is 10.8. The maximum atomic E-state index is 5.71. The van der Waals surface area contributed by atoms with Crippen LogP contribution in [-0.2, 0) is 36.7 Å². The van der Waals surface area contributed by atoms with Crippen LogP contribution in [0.4, 0.5) is 0 Å². The standard InChI is InChI=1S/C12H28O8Si/c1-9(13-5)17-21(18-10(2)14-6,19-11(3)15-7)20-12(4)16-8/h9-12H,1-8H3/t9-,10-,11-,12+/m1/s1. The summed E-state index contributed by atoms with van der Waals surface area (Å²) in [7, 11) is 2.38. The zero-order chi connectivity index (χ0) is 16.5. The Bertz CT molecular complexity index is 214. The maximum Gasteiger partial charge on any atom is 0.687 e. The molecule has 8 nitrogen and oxygen atoms in total. The van der Waals surface area contributed by atoms with Gasteiger partial charge in [0.1, 0.15) is 0 Å². The third-order valence-corrected chi connectivity index (χ3v) is 5.05. The first-order chi connectivity index (χ1) is 9.82. The molecule has 0 amide bonds. The van der Waals surface area contributed by atoms with Crippen LogP contribution in [-0.4, -0.2) is 62.6 Å². The first-order valence-corrected chi connectivity index (χ1v) is 8.28. The van der Waals surface area contributed by atoms with Crippen LogP contribution in [0.5, 0.6) is 0 Å². The van der Waals surface area contributed by atoms with Crippen molar-refractivity contribution in [3.8, 4) is 0 Å². The summed E-state index contributed by atoms with van der Waals surface area (Å²) in [5.41, 5.74) is 0. The molecule has 0 bridgehead atoms. The van der Waals surface area contributed by atoms with Gasteiger partial charge in [0.25, 0.3) is 0 Å². The van der Waals surface area contributed by atoms with Crippen molar-refractivity contribution in [3.63, 3.8) is 0 Å². The highest BCUT2D eigenvalue weighted by Gasteiger charge is 2.52. The van der Waals surface area contributed by atoms with E-state index in [4.69, 9.17) is 36.7 Å². The van der Waals surface area contributed by atoms with Gasteiger partial charge in [-0.25, -0.2) is 0 Å². The van der Waals surface area contributed by atoms with E-state index in [1.807, 2.05) is 0 Å². The van der Waals surface area contributed by atoms with Gasteiger partial charge in [0.2, 0.25) is 0 Å². The summed E-state index contributed by atoms with van der Waals surface area (Å²) in [4.78, 5) is 0. The van der Waals surface area contributed by atoms with Gasteiger partial charge in [-0.1, -0.05) is 0 Å². The molecule has 0 saturated carbocycles. The van der Waals surface area contributed by atoms with E-state index >= 15 is 0 Å². The number of methoxy groups -OCH3 is 4. The van der Waals surface area contributed by atoms with Gasteiger partial charge in [-0.3, -0.25) is 0 Å². The summed E-state index contributed by atoms with van der Waals surface area (Å²) in [6.45, 7) is 6.79. The summed E-state index contributed by atoms with van der Waals surface area (Å²) in [6.07, 6.45) is -2.41. The van der Waals surface area contributed by atoms with Crippen molar-refractivity contribution in [1.29, 1.82) is 0 Å². The Hall–Kier alpha value is -0.103. The Kier molecular flexibility index (Phi) is 10.5. The highest BCUT2D eigenvalue weighted by molar-refractivity contribution is 6.53. The largest absolute Gasteiger partial charge is 0.687 e. The quantitative estimate of drug-likeness (QED) is 0.394. The Morgan fingerprint density at radius 2 is 0.667 bits per heavy atom. The molecule has 0 aromatic carbocycles. The van der Waals surface area contributed by atoms with Gasteiger partial charge >= 0.3 is 9.05 Å². The number of ether oxygens (including phenoxy) is 4. The highest BCUT2D eigenvalue weighted by Crippen LogP contribution is 2.21. The van der Waals surface area contributed by atoms with Gasteiger partial charge < -0.3 is 36.7 Å². The molecule has 0 spiro atoms. The van der Waals surface area contributed by atoms with E-state index in [0.717, 1.165) is 0 Å². The molecule has 0 heterocycles. The molecule has 128 valence electrons. The first kappa shape index (κ1) is 20.9. The Labute approximate surface area is 128 Å². The van der Waals surface area contributed by atoms with Crippen molar-refractivity contribution < 1.29 is 36.7 Å². The van der Waals surface area contributed by atoms with E-state index in [1.165, 1.54) is 28.4 Å². The third-order valence-electron chi connectivity index (χ3n) is 2.57. The van der Waals surface area contributed by atoms with Crippen LogP contribution in [0, 0.1) is 0 Å². The van der Waals surface area contributed by atoms with Crippen LogP contribution >= 0.6 is 0 Å². The Morgan fingerprint density at radius 3 is 0.810 bits per heavy atom. The lowest BCUT2D eigenvalue weighted by Gasteiger charge is -2.34.